The Bertz CT molecular complexity index is 462. The molecule has 0 aromatic heterocycles. The van der Waals surface area contributed by atoms with Crippen LogP contribution in [0.5, 0.6) is 5.75 Å². The van der Waals surface area contributed by atoms with Crippen molar-refractivity contribution in [3.05, 3.63) is 28.2 Å². The number of halogens is 2. The van der Waals surface area contributed by atoms with Crippen LogP contribution in [0.1, 0.15) is 12.8 Å². The molecule has 110 valence electrons. The molecule has 1 aromatic carbocycles. The Labute approximate surface area is 128 Å². The lowest BCUT2D eigenvalue weighted by atomic mass is 10.1. The number of hydrogen-bond donors (Lipinski definition) is 2. The zero-order valence-electron chi connectivity index (χ0n) is 11.1. The molecule has 1 saturated heterocycles. The predicted molar refractivity (Wildman–Crippen MR) is 80.6 cm³/mol. The normalized spacial score (nSPS) is 18.0. The van der Waals surface area contributed by atoms with Gasteiger partial charge < -0.3 is 15.4 Å². The third-order valence-corrected chi connectivity index (χ3v) is 3.73. The van der Waals surface area contributed by atoms with E-state index in [4.69, 9.17) is 27.9 Å². The summed E-state index contributed by atoms with van der Waals surface area (Å²) in [6, 6.07) is 5.12. The van der Waals surface area contributed by atoms with E-state index in [-0.39, 0.29) is 11.8 Å². The summed E-state index contributed by atoms with van der Waals surface area (Å²) in [6.07, 6.45) is 1.66. The molecular weight excluding hydrogens is 299 g/mol. The summed E-state index contributed by atoms with van der Waals surface area (Å²) < 4.78 is 5.54. The maximum absolute atomic E-state index is 11.7. The minimum absolute atomic E-state index is 0.113. The van der Waals surface area contributed by atoms with E-state index in [0.29, 0.717) is 28.9 Å². The lowest BCUT2D eigenvalue weighted by Crippen LogP contribution is -2.33. The summed E-state index contributed by atoms with van der Waals surface area (Å²) in [6.45, 7) is 2.82. The van der Waals surface area contributed by atoms with Gasteiger partial charge in [0, 0.05) is 18.1 Å². The monoisotopic (exact) mass is 316 g/mol. The molecule has 1 aliphatic rings. The average molecular weight is 317 g/mol. The number of ether oxygens (including phenoxy) is 1. The summed E-state index contributed by atoms with van der Waals surface area (Å²) >= 11 is 11.8. The summed E-state index contributed by atoms with van der Waals surface area (Å²) in [4.78, 5) is 11.7. The second kappa shape index (κ2) is 7.72. The highest BCUT2D eigenvalue weighted by atomic mass is 35.5. The first-order chi connectivity index (χ1) is 9.66. The zero-order chi connectivity index (χ0) is 14.4. The van der Waals surface area contributed by atoms with E-state index in [0.717, 1.165) is 25.9 Å². The van der Waals surface area contributed by atoms with Crippen molar-refractivity contribution in [2.45, 2.75) is 12.8 Å². The lowest BCUT2D eigenvalue weighted by molar-refractivity contribution is -0.124. The fraction of sp³-hybridized carbons (Fsp3) is 0.500. The molecule has 1 amide bonds. The Morgan fingerprint density at radius 3 is 3.00 bits per heavy atom. The highest BCUT2D eigenvalue weighted by Crippen LogP contribution is 2.27. The molecule has 1 heterocycles. The number of hydrogen-bond acceptors (Lipinski definition) is 3. The Balaban J connectivity index is 1.62. The van der Waals surface area contributed by atoms with Crippen LogP contribution in [0.4, 0.5) is 0 Å². The molecule has 1 atom stereocenters. The molecule has 0 bridgehead atoms. The molecule has 20 heavy (non-hydrogen) atoms. The maximum Gasteiger partial charge on any atom is 0.224 e. The first-order valence-electron chi connectivity index (χ1n) is 6.73. The first kappa shape index (κ1) is 15.4. The van der Waals surface area contributed by atoms with E-state index in [9.17, 15) is 4.79 Å². The van der Waals surface area contributed by atoms with E-state index in [1.807, 2.05) is 0 Å². The Hall–Kier alpha value is -0.970. The first-order valence-corrected chi connectivity index (χ1v) is 7.48. The molecule has 1 unspecified atom stereocenters. The van der Waals surface area contributed by atoms with Crippen LogP contribution in [-0.2, 0) is 4.79 Å². The number of carbonyl (C=O) groups is 1. The summed E-state index contributed by atoms with van der Waals surface area (Å²) in [5, 5.41) is 7.18. The Kier molecular flexibility index (Phi) is 5.95. The number of amides is 1. The van der Waals surface area contributed by atoms with Crippen molar-refractivity contribution in [1.82, 2.24) is 10.6 Å². The molecule has 1 fully saturated rings. The fourth-order valence-electron chi connectivity index (χ4n) is 2.08. The molecule has 6 heteroatoms. The van der Waals surface area contributed by atoms with E-state index in [1.54, 1.807) is 18.2 Å². The summed E-state index contributed by atoms with van der Waals surface area (Å²) in [5.74, 6) is 0.850. The van der Waals surface area contributed by atoms with Crippen LogP contribution in [-0.4, -0.2) is 32.1 Å². The van der Waals surface area contributed by atoms with Crippen LogP contribution in [0.25, 0.3) is 0 Å². The predicted octanol–water partition coefficient (Wildman–Crippen LogP) is 2.49. The van der Waals surface area contributed by atoms with Gasteiger partial charge in [0.15, 0.2) is 0 Å². The van der Waals surface area contributed by atoms with Crippen LogP contribution in [0.3, 0.4) is 0 Å². The van der Waals surface area contributed by atoms with Gasteiger partial charge in [-0.25, -0.2) is 0 Å². The SMILES string of the molecule is O=C(NCCCOc1ccc(Cl)cc1Cl)C1CCNC1. The van der Waals surface area contributed by atoms with E-state index in [2.05, 4.69) is 10.6 Å². The fourth-order valence-corrected chi connectivity index (χ4v) is 2.54. The van der Waals surface area contributed by atoms with Crippen molar-refractivity contribution >= 4 is 29.1 Å². The van der Waals surface area contributed by atoms with Crippen LogP contribution in [0, 0.1) is 5.92 Å². The van der Waals surface area contributed by atoms with Gasteiger partial charge in [-0.2, -0.15) is 0 Å². The van der Waals surface area contributed by atoms with E-state index < -0.39 is 0 Å². The third-order valence-electron chi connectivity index (χ3n) is 3.20. The van der Waals surface area contributed by atoms with Gasteiger partial charge in [-0.05, 0) is 37.6 Å². The molecule has 2 N–H and O–H groups in total. The highest BCUT2D eigenvalue weighted by Gasteiger charge is 2.21. The second-order valence-electron chi connectivity index (χ2n) is 4.76. The number of rotatable bonds is 6. The van der Waals surface area contributed by atoms with Gasteiger partial charge in [-0.3, -0.25) is 4.79 Å². The van der Waals surface area contributed by atoms with Crippen molar-refractivity contribution in [2.24, 2.45) is 5.92 Å². The van der Waals surface area contributed by atoms with Gasteiger partial charge in [0.25, 0.3) is 0 Å². The molecule has 4 nitrogen and oxygen atoms in total. The third kappa shape index (κ3) is 4.54. The van der Waals surface area contributed by atoms with Gasteiger partial charge in [-0.1, -0.05) is 23.2 Å². The zero-order valence-corrected chi connectivity index (χ0v) is 12.6. The van der Waals surface area contributed by atoms with E-state index >= 15 is 0 Å². The highest BCUT2D eigenvalue weighted by molar-refractivity contribution is 6.35. The molecule has 0 radical (unpaired) electrons. The number of nitrogens with one attached hydrogen (secondary N) is 2. The van der Waals surface area contributed by atoms with Crippen molar-refractivity contribution in [3.63, 3.8) is 0 Å². The second-order valence-corrected chi connectivity index (χ2v) is 5.60. The van der Waals surface area contributed by atoms with Crippen molar-refractivity contribution < 1.29 is 9.53 Å². The maximum atomic E-state index is 11.7. The lowest BCUT2D eigenvalue weighted by Gasteiger charge is -2.11. The van der Waals surface area contributed by atoms with Crippen LogP contribution in [0.2, 0.25) is 10.0 Å². The molecular formula is C14H18Cl2N2O2. The van der Waals surface area contributed by atoms with Crippen LogP contribution < -0.4 is 15.4 Å². The topological polar surface area (TPSA) is 50.4 Å². The Morgan fingerprint density at radius 2 is 2.30 bits per heavy atom. The number of benzene rings is 1. The van der Waals surface area contributed by atoms with Gasteiger partial charge in [0.1, 0.15) is 5.75 Å². The van der Waals surface area contributed by atoms with Gasteiger partial charge in [-0.15, -0.1) is 0 Å². The molecule has 1 aliphatic heterocycles. The Morgan fingerprint density at radius 1 is 1.45 bits per heavy atom. The molecule has 0 saturated carbocycles. The standard InChI is InChI=1S/C14H18Cl2N2O2/c15-11-2-3-13(12(16)8-11)20-7-1-5-18-14(19)10-4-6-17-9-10/h2-3,8,10,17H,1,4-7,9H2,(H,18,19). The summed E-state index contributed by atoms with van der Waals surface area (Å²) in [5.41, 5.74) is 0. The minimum atomic E-state index is 0.113. The quantitative estimate of drug-likeness (QED) is 0.793. The van der Waals surface area contributed by atoms with Crippen LogP contribution in [0.15, 0.2) is 18.2 Å². The molecule has 1 aromatic rings. The molecule has 0 aliphatic carbocycles. The summed E-state index contributed by atoms with van der Waals surface area (Å²) in [7, 11) is 0. The minimum Gasteiger partial charge on any atom is -0.492 e. The van der Waals surface area contributed by atoms with Gasteiger partial charge >= 0.3 is 0 Å². The van der Waals surface area contributed by atoms with Gasteiger partial charge in [0.05, 0.1) is 17.5 Å². The largest absolute Gasteiger partial charge is 0.492 e. The van der Waals surface area contributed by atoms with Gasteiger partial charge in [0.2, 0.25) is 5.91 Å². The average Bonchev–Trinajstić information content (AvgIpc) is 2.94. The van der Waals surface area contributed by atoms with Crippen molar-refractivity contribution in [1.29, 1.82) is 0 Å². The smallest absolute Gasteiger partial charge is 0.224 e. The molecule has 2 rings (SSSR count). The molecule has 0 spiro atoms. The van der Waals surface area contributed by atoms with Crippen molar-refractivity contribution in [2.75, 3.05) is 26.2 Å². The van der Waals surface area contributed by atoms with Crippen molar-refractivity contribution in [3.8, 4) is 5.75 Å². The van der Waals surface area contributed by atoms with E-state index in [1.165, 1.54) is 0 Å². The van der Waals surface area contributed by atoms with Crippen LogP contribution >= 0.6 is 23.2 Å². The number of carbonyl (C=O) groups excluding carboxylic acids is 1.